The Hall–Kier alpha value is -1.20. The van der Waals surface area contributed by atoms with E-state index in [1.54, 1.807) is 17.7 Å². The van der Waals surface area contributed by atoms with Gasteiger partial charge >= 0.3 is 0 Å². The summed E-state index contributed by atoms with van der Waals surface area (Å²) in [7, 11) is 0. The molecule has 0 saturated carbocycles. The maximum absolute atomic E-state index is 4.41. The summed E-state index contributed by atoms with van der Waals surface area (Å²) in [5, 5.41) is 6.77. The smallest absolute Gasteiger partial charge is 0.138 e. The van der Waals surface area contributed by atoms with Gasteiger partial charge in [0.1, 0.15) is 17.0 Å². The van der Waals surface area contributed by atoms with Crippen molar-refractivity contribution in [1.82, 2.24) is 14.9 Å². The molecule has 3 rings (SSSR count). The van der Waals surface area contributed by atoms with Gasteiger partial charge < -0.3 is 10.2 Å². The summed E-state index contributed by atoms with van der Waals surface area (Å²) in [6.45, 7) is 10.5. The van der Waals surface area contributed by atoms with Crippen LogP contribution in [0.2, 0.25) is 0 Å². The molecule has 0 amide bonds. The van der Waals surface area contributed by atoms with Gasteiger partial charge in [-0.2, -0.15) is 0 Å². The number of anilines is 1. The van der Waals surface area contributed by atoms with Crippen molar-refractivity contribution in [2.24, 2.45) is 11.8 Å². The largest absolute Gasteiger partial charge is 0.366 e. The van der Waals surface area contributed by atoms with Gasteiger partial charge in [-0.25, -0.2) is 9.97 Å². The van der Waals surface area contributed by atoms with Gasteiger partial charge in [0.15, 0.2) is 0 Å². The van der Waals surface area contributed by atoms with E-state index in [-0.39, 0.29) is 0 Å². The molecule has 0 spiro atoms. The van der Waals surface area contributed by atoms with Gasteiger partial charge in [-0.15, -0.1) is 11.3 Å². The lowest BCUT2D eigenvalue weighted by molar-refractivity contribution is 0.138. The van der Waals surface area contributed by atoms with Gasteiger partial charge in [0.25, 0.3) is 0 Å². The molecule has 114 valence electrons. The van der Waals surface area contributed by atoms with Crippen molar-refractivity contribution in [3.05, 3.63) is 17.8 Å². The van der Waals surface area contributed by atoms with E-state index in [0.29, 0.717) is 6.04 Å². The molecule has 0 bridgehead atoms. The highest BCUT2D eigenvalue weighted by Gasteiger charge is 2.23. The van der Waals surface area contributed by atoms with Gasteiger partial charge in [-0.1, -0.05) is 13.8 Å². The molecule has 1 saturated heterocycles. The molecule has 3 unspecified atom stereocenters. The second-order valence-electron chi connectivity index (χ2n) is 6.57. The monoisotopic (exact) mass is 304 g/mol. The van der Waals surface area contributed by atoms with Crippen LogP contribution in [0.25, 0.3) is 10.2 Å². The molecule has 0 aliphatic carbocycles. The first-order chi connectivity index (χ1) is 10.1. The van der Waals surface area contributed by atoms with Crippen LogP contribution in [0, 0.1) is 11.8 Å². The minimum atomic E-state index is 0.389. The summed E-state index contributed by atoms with van der Waals surface area (Å²) in [5.74, 6) is 2.58. The van der Waals surface area contributed by atoms with Crippen LogP contribution in [-0.2, 0) is 0 Å². The summed E-state index contributed by atoms with van der Waals surface area (Å²) >= 11 is 1.66. The summed E-state index contributed by atoms with van der Waals surface area (Å²) in [6, 6.07) is 2.49. The van der Waals surface area contributed by atoms with E-state index in [1.807, 2.05) is 0 Å². The Kier molecular flexibility index (Phi) is 4.40. The first kappa shape index (κ1) is 14.7. The molecule has 4 nitrogen and oxygen atoms in total. The molecule has 1 N–H and O–H groups in total. The number of hydrogen-bond acceptors (Lipinski definition) is 5. The lowest BCUT2D eigenvalue weighted by atomic mass is 9.92. The standard InChI is InChI=1S/C16H24N4S/c1-11-6-12(2)8-20(7-11)9-13(3)19-15-14-4-5-21-16(14)18-10-17-15/h4-5,10-13H,6-9H2,1-3H3,(H,17,18,19). The van der Waals surface area contributed by atoms with Gasteiger partial charge in [0, 0.05) is 25.7 Å². The minimum absolute atomic E-state index is 0.389. The summed E-state index contributed by atoms with van der Waals surface area (Å²) < 4.78 is 0. The van der Waals surface area contributed by atoms with E-state index in [2.05, 4.69) is 52.4 Å². The van der Waals surface area contributed by atoms with Gasteiger partial charge in [-0.05, 0) is 36.6 Å². The average Bonchev–Trinajstić information content (AvgIpc) is 2.86. The second-order valence-corrected chi connectivity index (χ2v) is 7.47. The van der Waals surface area contributed by atoms with E-state index >= 15 is 0 Å². The van der Waals surface area contributed by atoms with Crippen LogP contribution in [0.5, 0.6) is 0 Å². The van der Waals surface area contributed by atoms with Crippen molar-refractivity contribution < 1.29 is 0 Å². The van der Waals surface area contributed by atoms with Crippen molar-refractivity contribution in [1.29, 1.82) is 0 Å². The molecule has 0 radical (unpaired) electrons. The predicted molar refractivity (Wildman–Crippen MR) is 89.9 cm³/mol. The Labute approximate surface area is 130 Å². The number of hydrogen-bond donors (Lipinski definition) is 1. The lowest BCUT2D eigenvalue weighted by Crippen LogP contribution is -2.43. The molecular formula is C16H24N4S. The zero-order chi connectivity index (χ0) is 14.8. The van der Waals surface area contributed by atoms with Crippen LogP contribution < -0.4 is 5.32 Å². The van der Waals surface area contributed by atoms with E-state index in [9.17, 15) is 0 Å². The van der Waals surface area contributed by atoms with Crippen LogP contribution in [0.4, 0.5) is 5.82 Å². The van der Waals surface area contributed by atoms with E-state index in [0.717, 1.165) is 34.4 Å². The molecule has 1 aliphatic rings. The summed E-state index contributed by atoms with van der Waals surface area (Å²) in [4.78, 5) is 12.4. The zero-order valence-electron chi connectivity index (χ0n) is 13.0. The van der Waals surface area contributed by atoms with Crippen LogP contribution >= 0.6 is 11.3 Å². The number of thiophene rings is 1. The molecule has 3 atom stereocenters. The number of nitrogens with one attached hydrogen (secondary N) is 1. The predicted octanol–water partition coefficient (Wildman–Crippen LogP) is 3.47. The van der Waals surface area contributed by atoms with Crippen molar-refractivity contribution in [2.45, 2.75) is 33.2 Å². The number of nitrogens with zero attached hydrogens (tertiary/aromatic N) is 3. The van der Waals surface area contributed by atoms with Gasteiger partial charge in [0.2, 0.25) is 0 Å². The van der Waals surface area contributed by atoms with E-state index in [1.165, 1.54) is 19.5 Å². The highest BCUT2D eigenvalue weighted by molar-refractivity contribution is 7.16. The first-order valence-electron chi connectivity index (χ1n) is 7.79. The lowest BCUT2D eigenvalue weighted by Gasteiger charge is -2.36. The van der Waals surface area contributed by atoms with E-state index < -0.39 is 0 Å². The zero-order valence-corrected chi connectivity index (χ0v) is 13.9. The van der Waals surface area contributed by atoms with Gasteiger partial charge in [0.05, 0.1) is 5.39 Å². The molecule has 1 aliphatic heterocycles. The van der Waals surface area contributed by atoms with Gasteiger partial charge in [-0.3, -0.25) is 0 Å². The highest BCUT2D eigenvalue weighted by atomic mass is 32.1. The van der Waals surface area contributed by atoms with Crippen LogP contribution in [0.15, 0.2) is 17.8 Å². The normalized spacial score (nSPS) is 25.1. The third kappa shape index (κ3) is 3.52. The molecule has 0 aromatic carbocycles. The Bertz CT molecular complexity index is 587. The maximum atomic E-state index is 4.41. The number of likely N-dealkylation sites (tertiary alicyclic amines) is 1. The fraction of sp³-hybridized carbons (Fsp3) is 0.625. The topological polar surface area (TPSA) is 41.0 Å². The Morgan fingerprint density at radius 2 is 2.10 bits per heavy atom. The highest BCUT2D eigenvalue weighted by Crippen LogP contribution is 2.25. The number of piperidine rings is 1. The molecule has 21 heavy (non-hydrogen) atoms. The van der Waals surface area contributed by atoms with Crippen molar-refractivity contribution in [3.8, 4) is 0 Å². The second kappa shape index (κ2) is 6.28. The quantitative estimate of drug-likeness (QED) is 0.939. The number of fused-ring (bicyclic) bond motifs is 1. The molecule has 2 aromatic rings. The van der Waals surface area contributed by atoms with Crippen molar-refractivity contribution in [3.63, 3.8) is 0 Å². The first-order valence-corrected chi connectivity index (χ1v) is 8.67. The fourth-order valence-corrected chi connectivity index (χ4v) is 4.25. The average molecular weight is 304 g/mol. The third-order valence-electron chi connectivity index (χ3n) is 4.12. The van der Waals surface area contributed by atoms with E-state index in [4.69, 9.17) is 0 Å². The number of aromatic nitrogens is 2. The molecule has 5 heteroatoms. The summed E-state index contributed by atoms with van der Waals surface area (Å²) in [5.41, 5.74) is 0. The molecule has 3 heterocycles. The van der Waals surface area contributed by atoms with Crippen LogP contribution in [0.1, 0.15) is 27.2 Å². The van der Waals surface area contributed by atoms with Crippen molar-refractivity contribution in [2.75, 3.05) is 25.0 Å². The Balaban J connectivity index is 1.63. The Morgan fingerprint density at radius 1 is 1.33 bits per heavy atom. The SMILES string of the molecule is CC1CC(C)CN(CC(C)Nc2ncnc3sccc23)C1. The molecule has 1 fully saturated rings. The fourth-order valence-electron chi connectivity index (χ4n) is 3.51. The third-order valence-corrected chi connectivity index (χ3v) is 4.94. The van der Waals surface area contributed by atoms with Crippen LogP contribution in [0.3, 0.4) is 0 Å². The Morgan fingerprint density at radius 3 is 2.86 bits per heavy atom. The molecule has 2 aromatic heterocycles. The molecular weight excluding hydrogens is 280 g/mol. The number of rotatable bonds is 4. The summed E-state index contributed by atoms with van der Waals surface area (Å²) in [6.07, 6.45) is 3.01. The van der Waals surface area contributed by atoms with Crippen LogP contribution in [-0.4, -0.2) is 40.5 Å². The van der Waals surface area contributed by atoms with Crippen molar-refractivity contribution >= 4 is 27.4 Å². The maximum Gasteiger partial charge on any atom is 0.138 e. The minimum Gasteiger partial charge on any atom is -0.366 e.